The molecule has 4 rings (SSSR count). The standard InChI is InChI=1S/C20H23N5O/c1-13-5-4-10-25(12-13)20-22-11-17(16-6-8-21-9-7-16)19(23-20)18-14(2)24-26-15(18)3/h6-9,11,13H,4-5,10,12H2,1-3H3/t13-/m0/s1. The fourth-order valence-corrected chi connectivity index (χ4v) is 3.65. The highest BCUT2D eigenvalue weighted by molar-refractivity contribution is 5.82. The molecule has 6 nitrogen and oxygen atoms in total. The molecule has 1 aliphatic rings. The van der Waals surface area contributed by atoms with Crippen molar-refractivity contribution in [3.8, 4) is 22.4 Å². The lowest BCUT2D eigenvalue weighted by molar-refractivity contribution is 0.393. The molecule has 26 heavy (non-hydrogen) atoms. The van der Waals surface area contributed by atoms with E-state index in [1.54, 1.807) is 12.4 Å². The van der Waals surface area contributed by atoms with E-state index in [2.05, 4.69) is 26.9 Å². The first-order chi connectivity index (χ1) is 12.6. The van der Waals surface area contributed by atoms with Crippen LogP contribution in [0.5, 0.6) is 0 Å². The molecular weight excluding hydrogens is 326 g/mol. The summed E-state index contributed by atoms with van der Waals surface area (Å²) < 4.78 is 5.41. The Morgan fingerprint density at radius 2 is 2.00 bits per heavy atom. The van der Waals surface area contributed by atoms with Crippen LogP contribution < -0.4 is 4.90 Å². The molecule has 1 saturated heterocycles. The molecule has 0 spiro atoms. The van der Waals surface area contributed by atoms with Crippen LogP contribution in [0, 0.1) is 19.8 Å². The van der Waals surface area contributed by atoms with Gasteiger partial charge in [-0.1, -0.05) is 12.1 Å². The van der Waals surface area contributed by atoms with Gasteiger partial charge in [0.15, 0.2) is 0 Å². The monoisotopic (exact) mass is 349 g/mol. The number of aromatic nitrogens is 4. The minimum atomic E-state index is 0.662. The number of pyridine rings is 1. The van der Waals surface area contributed by atoms with Crippen LogP contribution in [-0.4, -0.2) is 33.2 Å². The molecule has 0 amide bonds. The van der Waals surface area contributed by atoms with Crippen molar-refractivity contribution in [3.63, 3.8) is 0 Å². The number of hydrogen-bond donors (Lipinski definition) is 0. The summed E-state index contributed by atoms with van der Waals surface area (Å²) in [6.07, 6.45) is 7.93. The number of hydrogen-bond acceptors (Lipinski definition) is 6. The van der Waals surface area contributed by atoms with Gasteiger partial charge < -0.3 is 9.42 Å². The molecule has 0 aromatic carbocycles. The maximum absolute atomic E-state index is 5.41. The van der Waals surface area contributed by atoms with Gasteiger partial charge in [-0.05, 0) is 50.3 Å². The Kier molecular flexibility index (Phi) is 4.41. The van der Waals surface area contributed by atoms with Crippen LogP contribution in [0.4, 0.5) is 5.95 Å². The van der Waals surface area contributed by atoms with Gasteiger partial charge in [-0.15, -0.1) is 0 Å². The summed E-state index contributed by atoms with van der Waals surface area (Å²) in [7, 11) is 0. The lowest BCUT2D eigenvalue weighted by Gasteiger charge is -2.31. The van der Waals surface area contributed by atoms with Crippen LogP contribution in [0.25, 0.3) is 22.4 Å². The zero-order valence-corrected chi connectivity index (χ0v) is 15.4. The smallest absolute Gasteiger partial charge is 0.225 e. The topological polar surface area (TPSA) is 67.9 Å². The third-order valence-electron chi connectivity index (χ3n) is 4.98. The first-order valence-electron chi connectivity index (χ1n) is 9.09. The minimum absolute atomic E-state index is 0.662. The summed E-state index contributed by atoms with van der Waals surface area (Å²) in [4.78, 5) is 16.1. The number of anilines is 1. The van der Waals surface area contributed by atoms with Crippen LogP contribution >= 0.6 is 0 Å². The maximum atomic E-state index is 5.41. The van der Waals surface area contributed by atoms with E-state index in [0.717, 1.165) is 52.9 Å². The van der Waals surface area contributed by atoms with Gasteiger partial charge in [0.2, 0.25) is 5.95 Å². The van der Waals surface area contributed by atoms with E-state index in [-0.39, 0.29) is 0 Å². The molecule has 0 bridgehead atoms. The first-order valence-corrected chi connectivity index (χ1v) is 9.09. The average molecular weight is 349 g/mol. The van der Waals surface area contributed by atoms with Crippen LogP contribution in [-0.2, 0) is 0 Å². The number of aryl methyl sites for hydroxylation is 2. The van der Waals surface area contributed by atoms with Gasteiger partial charge in [0.1, 0.15) is 5.76 Å². The summed E-state index contributed by atoms with van der Waals surface area (Å²) in [5.41, 5.74) is 4.67. The predicted molar refractivity (Wildman–Crippen MR) is 101 cm³/mol. The SMILES string of the molecule is Cc1noc(C)c1-c1nc(N2CCC[C@H](C)C2)ncc1-c1ccncc1. The Balaban J connectivity index is 1.85. The molecule has 3 aromatic rings. The number of rotatable bonds is 3. The van der Waals surface area contributed by atoms with Gasteiger partial charge in [0, 0.05) is 37.2 Å². The molecule has 0 aliphatic carbocycles. The molecule has 1 atom stereocenters. The molecule has 0 radical (unpaired) electrons. The summed E-state index contributed by atoms with van der Waals surface area (Å²) in [5.74, 6) is 2.22. The van der Waals surface area contributed by atoms with Gasteiger partial charge in [-0.3, -0.25) is 4.98 Å². The zero-order chi connectivity index (χ0) is 18.1. The van der Waals surface area contributed by atoms with E-state index >= 15 is 0 Å². The van der Waals surface area contributed by atoms with E-state index < -0.39 is 0 Å². The molecule has 134 valence electrons. The minimum Gasteiger partial charge on any atom is -0.361 e. The Morgan fingerprint density at radius 1 is 1.19 bits per heavy atom. The van der Waals surface area contributed by atoms with Crippen LogP contribution in [0.15, 0.2) is 35.2 Å². The van der Waals surface area contributed by atoms with Crippen LogP contribution in [0.2, 0.25) is 0 Å². The van der Waals surface area contributed by atoms with Crippen molar-refractivity contribution in [2.75, 3.05) is 18.0 Å². The van der Waals surface area contributed by atoms with Crippen molar-refractivity contribution in [1.29, 1.82) is 0 Å². The molecule has 0 N–H and O–H groups in total. The molecular formula is C20H23N5O. The quantitative estimate of drug-likeness (QED) is 0.711. The van der Waals surface area contributed by atoms with E-state index in [0.29, 0.717) is 5.92 Å². The van der Waals surface area contributed by atoms with E-state index in [1.807, 2.05) is 32.2 Å². The molecule has 4 heterocycles. The third kappa shape index (κ3) is 3.07. The Hall–Kier alpha value is -2.76. The highest BCUT2D eigenvalue weighted by atomic mass is 16.5. The van der Waals surface area contributed by atoms with Gasteiger partial charge in [0.25, 0.3) is 0 Å². The largest absolute Gasteiger partial charge is 0.361 e. The zero-order valence-electron chi connectivity index (χ0n) is 15.4. The van der Waals surface area contributed by atoms with Crippen LogP contribution in [0.3, 0.4) is 0 Å². The van der Waals surface area contributed by atoms with E-state index in [9.17, 15) is 0 Å². The molecule has 6 heteroatoms. The average Bonchev–Trinajstić information content (AvgIpc) is 3.00. The van der Waals surface area contributed by atoms with Gasteiger partial charge in [0.05, 0.1) is 17.0 Å². The van der Waals surface area contributed by atoms with E-state index in [4.69, 9.17) is 9.51 Å². The van der Waals surface area contributed by atoms with Crippen molar-refractivity contribution in [3.05, 3.63) is 42.2 Å². The second kappa shape index (κ2) is 6.86. The molecule has 0 saturated carbocycles. The lowest BCUT2D eigenvalue weighted by atomic mass is 10.00. The molecule has 0 unspecified atom stereocenters. The van der Waals surface area contributed by atoms with Crippen molar-refractivity contribution in [2.45, 2.75) is 33.6 Å². The molecule has 1 fully saturated rings. The summed E-state index contributed by atoms with van der Waals surface area (Å²) in [6, 6.07) is 3.95. The summed E-state index contributed by atoms with van der Waals surface area (Å²) in [5, 5.41) is 4.12. The fourth-order valence-electron chi connectivity index (χ4n) is 3.65. The Bertz CT molecular complexity index is 886. The van der Waals surface area contributed by atoms with Crippen molar-refractivity contribution in [1.82, 2.24) is 20.1 Å². The number of nitrogens with zero attached hydrogens (tertiary/aromatic N) is 5. The number of piperidine rings is 1. The summed E-state index contributed by atoms with van der Waals surface area (Å²) >= 11 is 0. The Morgan fingerprint density at radius 3 is 2.69 bits per heavy atom. The normalized spacial score (nSPS) is 17.5. The van der Waals surface area contributed by atoms with Gasteiger partial charge >= 0.3 is 0 Å². The molecule has 1 aliphatic heterocycles. The van der Waals surface area contributed by atoms with Crippen molar-refractivity contribution in [2.24, 2.45) is 5.92 Å². The van der Waals surface area contributed by atoms with Crippen molar-refractivity contribution < 1.29 is 4.52 Å². The predicted octanol–water partition coefficient (Wildman–Crippen LogP) is 4.05. The maximum Gasteiger partial charge on any atom is 0.225 e. The second-order valence-electron chi connectivity index (χ2n) is 7.06. The third-order valence-corrected chi connectivity index (χ3v) is 4.98. The summed E-state index contributed by atoms with van der Waals surface area (Å²) in [6.45, 7) is 8.16. The van der Waals surface area contributed by atoms with Crippen LogP contribution in [0.1, 0.15) is 31.2 Å². The Labute approximate surface area is 153 Å². The lowest BCUT2D eigenvalue weighted by Crippen LogP contribution is -2.35. The van der Waals surface area contributed by atoms with Gasteiger partial charge in [-0.2, -0.15) is 0 Å². The fraction of sp³-hybridized carbons (Fsp3) is 0.400. The second-order valence-corrected chi connectivity index (χ2v) is 7.06. The highest BCUT2D eigenvalue weighted by Crippen LogP contribution is 2.35. The molecule has 3 aromatic heterocycles. The van der Waals surface area contributed by atoms with Gasteiger partial charge in [-0.25, -0.2) is 9.97 Å². The van der Waals surface area contributed by atoms with Crippen molar-refractivity contribution >= 4 is 5.95 Å². The highest BCUT2D eigenvalue weighted by Gasteiger charge is 2.23. The van der Waals surface area contributed by atoms with E-state index in [1.165, 1.54) is 12.8 Å². The first kappa shape index (κ1) is 16.7.